The van der Waals surface area contributed by atoms with Crippen LogP contribution in [0.2, 0.25) is 0 Å². The molecule has 1 aliphatic rings. The van der Waals surface area contributed by atoms with Gasteiger partial charge in [0.2, 0.25) is 0 Å². The van der Waals surface area contributed by atoms with E-state index in [4.69, 9.17) is 10.2 Å². The standard InChI is InChI=1S/C10H18N2O4S/c1-7-6-17-5-3-12(7)10(16)11-8(2-4-13)9(14)15/h7-8,13H,2-6H2,1H3,(H,11,16)(H,14,15)/t7?,8-/m1/s1. The molecule has 3 N–H and O–H groups in total. The van der Waals surface area contributed by atoms with E-state index < -0.39 is 12.0 Å². The predicted molar refractivity (Wildman–Crippen MR) is 65.2 cm³/mol. The zero-order valence-corrected chi connectivity index (χ0v) is 10.6. The molecule has 0 aromatic heterocycles. The molecule has 2 amide bonds. The van der Waals surface area contributed by atoms with Gasteiger partial charge in [0, 0.05) is 37.1 Å². The van der Waals surface area contributed by atoms with Gasteiger partial charge in [0.15, 0.2) is 0 Å². The molecule has 1 heterocycles. The van der Waals surface area contributed by atoms with Gasteiger partial charge in [-0.3, -0.25) is 0 Å². The molecule has 1 saturated heterocycles. The maximum Gasteiger partial charge on any atom is 0.326 e. The second-order valence-corrected chi connectivity index (χ2v) is 5.12. The zero-order valence-electron chi connectivity index (χ0n) is 9.76. The molecule has 6 nitrogen and oxygen atoms in total. The normalized spacial score (nSPS) is 22.0. The van der Waals surface area contributed by atoms with Gasteiger partial charge in [-0.1, -0.05) is 0 Å². The minimum atomic E-state index is -1.12. The Kier molecular flexibility index (Phi) is 5.57. The van der Waals surface area contributed by atoms with Crippen LogP contribution in [-0.2, 0) is 4.79 Å². The van der Waals surface area contributed by atoms with Gasteiger partial charge in [0.1, 0.15) is 6.04 Å². The van der Waals surface area contributed by atoms with Crippen LogP contribution in [0.25, 0.3) is 0 Å². The number of aliphatic carboxylic acids is 1. The minimum absolute atomic E-state index is 0.0258. The molecule has 0 aliphatic carbocycles. The molecule has 0 radical (unpaired) electrons. The highest BCUT2D eigenvalue weighted by molar-refractivity contribution is 7.99. The molecule has 1 rings (SSSR count). The molecular weight excluding hydrogens is 244 g/mol. The fourth-order valence-corrected chi connectivity index (χ4v) is 2.66. The zero-order chi connectivity index (χ0) is 12.8. The summed E-state index contributed by atoms with van der Waals surface area (Å²) in [6.45, 7) is 2.30. The van der Waals surface area contributed by atoms with E-state index in [9.17, 15) is 9.59 Å². The van der Waals surface area contributed by atoms with Crippen LogP contribution >= 0.6 is 11.8 Å². The lowest BCUT2D eigenvalue weighted by atomic mass is 10.2. The van der Waals surface area contributed by atoms with Crippen molar-refractivity contribution in [3.63, 3.8) is 0 Å². The first kappa shape index (κ1) is 14.1. The Bertz CT molecular complexity index is 287. The first-order chi connectivity index (χ1) is 8.06. The second kappa shape index (κ2) is 6.70. The van der Waals surface area contributed by atoms with E-state index in [1.807, 2.05) is 6.92 Å². The molecule has 1 fully saturated rings. The molecule has 0 spiro atoms. The molecule has 2 atom stereocenters. The monoisotopic (exact) mass is 262 g/mol. The Morgan fingerprint density at radius 3 is 2.82 bits per heavy atom. The summed E-state index contributed by atoms with van der Waals surface area (Å²) in [5.41, 5.74) is 0. The predicted octanol–water partition coefficient (Wildman–Crippen LogP) is -0.0311. The van der Waals surface area contributed by atoms with Crippen molar-refractivity contribution in [3.8, 4) is 0 Å². The van der Waals surface area contributed by atoms with Crippen LogP contribution in [0.3, 0.4) is 0 Å². The van der Waals surface area contributed by atoms with Crippen LogP contribution in [0.5, 0.6) is 0 Å². The average Bonchev–Trinajstić information content (AvgIpc) is 2.28. The van der Waals surface area contributed by atoms with Crippen molar-refractivity contribution in [1.82, 2.24) is 10.2 Å². The summed E-state index contributed by atoms with van der Waals surface area (Å²) >= 11 is 1.78. The van der Waals surface area contributed by atoms with E-state index in [1.54, 1.807) is 16.7 Å². The van der Waals surface area contributed by atoms with Gasteiger partial charge in [-0.15, -0.1) is 0 Å². The molecule has 1 aliphatic heterocycles. The Balaban J connectivity index is 2.53. The van der Waals surface area contributed by atoms with Crippen LogP contribution in [-0.4, -0.2) is 63.9 Å². The highest BCUT2D eigenvalue weighted by atomic mass is 32.2. The quantitative estimate of drug-likeness (QED) is 0.662. The summed E-state index contributed by atoms with van der Waals surface area (Å²) in [6, 6.07) is -1.27. The van der Waals surface area contributed by atoms with Gasteiger partial charge in [-0.25, -0.2) is 9.59 Å². The van der Waals surface area contributed by atoms with Crippen LogP contribution < -0.4 is 5.32 Å². The topological polar surface area (TPSA) is 89.9 Å². The number of hydrogen-bond donors (Lipinski definition) is 3. The number of hydrogen-bond acceptors (Lipinski definition) is 4. The summed E-state index contributed by atoms with van der Waals surface area (Å²) < 4.78 is 0. The van der Waals surface area contributed by atoms with Crippen LogP contribution in [0.15, 0.2) is 0 Å². The van der Waals surface area contributed by atoms with Crippen LogP contribution in [0, 0.1) is 0 Å². The summed E-state index contributed by atoms with van der Waals surface area (Å²) in [4.78, 5) is 24.3. The highest BCUT2D eigenvalue weighted by Crippen LogP contribution is 2.16. The number of nitrogens with zero attached hydrogens (tertiary/aromatic N) is 1. The van der Waals surface area contributed by atoms with Crippen molar-refractivity contribution >= 4 is 23.8 Å². The molecule has 1 unspecified atom stereocenters. The molecule has 17 heavy (non-hydrogen) atoms. The SMILES string of the molecule is CC1CSCCN1C(=O)N[C@H](CCO)C(=O)O. The van der Waals surface area contributed by atoms with Gasteiger partial charge in [0.05, 0.1) is 0 Å². The van der Waals surface area contributed by atoms with E-state index in [0.717, 1.165) is 11.5 Å². The molecule has 98 valence electrons. The maximum absolute atomic E-state index is 11.9. The molecule has 0 bridgehead atoms. The van der Waals surface area contributed by atoms with Gasteiger partial charge >= 0.3 is 12.0 Å². The fraction of sp³-hybridized carbons (Fsp3) is 0.800. The molecular formula is C10H18N2O4S. The van der Waals surface area contributed by atoms with Crippen molar-refractivity contribution in [2.24, 2.45) is 0 Å². The number of nitrogens with one attached hydrogen (secondary N) is 1. The number of amides is 2. The third-order valence-corrected chi connectivity index (χ3v) is 3.83. The smallest absolute Gasteiger partial charge is 0.326 e. The first-order valence-corrected chi connectivity index (χ1v) is 6.70. The number of aliphatic hydroxyl groups is 1. The number of thioether (sulfide) groups is 1. The molecule has 0 saturated carbocycles. The van der Waals surface area contributed by atoms with Gasteiger partial charge < -0.3 is 20.4 Å². The van der Waals surface area contributed by atoms with Crippen molar-refractivity contribution in [1.29, 1.82) is 0 Å². The van der Waals surface area contributed by atoms with E-state index in [2.05, 4.69) is 5.32 Å². The number of carboxylic acid groups (broad SMARTS) is 1. The third kappa shape index (κ3) is 4.08. The summed E-state index contributed by atoms with van der Waals surface area (Å²) in [5, 5.41) is 20.0. The lowest BCUT2D eigenvalue weighted by Crippen LogP contribution is -2.53. The Hall–Kier alpha value is -0.950. The summed E-state index contributed by atoms with van der Waals surface area (Å²) in [5.74, 6) is 0.618. The van der Waals surface area contributed by atoms with Gasteiger partial charge in [-0.05, 0) is 6.92 Å². The van der Waals surface area contributed by atoms with Gasteiger partial charge in [0.25, 0.3) is 0 Å². The van der Waals surface area contributed by atoms with Crippen molar-refractivity contribution in [3.05, 3.63) is 0 Å². The van der Waals surface area contributed by atoms with Crippen molar-refractivity contribution < 1.29 is 19.8 Å². The highest BCUT2D eigenvalue weighted by Gasteiger charge is 2.27. The number of rotatable bonds is 4. The number of aliphatic hydroxyl groups excluding tert-OH is 1. The Morgan fingerprint density at radius 2 is 2.29 bits per heavy atom. The fourth-order valence-electron chi connectivity index (χ4n) is 1.65. The van der Waals surface area contributed by atoms with Crippen LogP contribution in [0.4, 0.5) is 4.79 Å². The third-order valence-electron chi connectivity index (χ3n) is 2.64. The van der Waals surface area contributed by atoms with Crippen LogP contribution in [0.1, 0.15) is 13.3 Å². The minimum Gasteiger partial charge on any atom is -0.480 e. The summed E-state index contributed by atoms with van der Waals surface area (Å²) in [6.07, 6.45) is 0.0258. The molecule has 0 aromatic rings. The van der Waals surface area contributed by atoms with E-state index in [1.165, 1.54) is 0 Å². The molecule has 0 aromatic carbocycles. The van der Waals surface area contributed by atoms with E-state index >= 15 is 0 Å². The number of carbonyl (C=O) groups excluding carboxylic acids is 1. The molecule has 7 heteroatoms. The van der Waals surface area contributed by atoms with E-state index in [0.29, 0.717) is 6.54 Å². The first-order valence-electron chi connectivity index (χ1n) is 5.54. The van der Waals surface area contributed by atoms with E-state index in [-0.39, 0.29) is 25.1 Å². The van der Waals surface area contributed by atoms with Crippen molar-refractivity contribution in [2.45, 2.75) is 25.4 Å². The van der Waals surface area contributed by atoms with Gasteiger partial charge in [-0.2, -0.15) is 11.8 Å². The Morgan fingerprint density at radius 1 is 1.59 bits per heavy atom. The summed E-state index contributed by atoms with van der Waals surface area (Å²) in [7, 11) is 0. The maximum atomic E-state index is 11.9. The lowest BCUT2D eigenvalue weighted by Gasteiger charge is -2.33. The lowest BCUT2D eigenvalue weighted by molar-refractivity contribution is -0.139. The number of carbonyl (C=O) groups is 2. The second-order valence-electron chi connectivity index (χ2n) is 3.97. The number of carboxylic acids is 1. The van der Waals surface area contributed by atoms with Crippen molar-refractivity contribution in [2.75, 3.05) is 24.7 Å². The largest absolute Gasteiger partial charge is 0.480 e. The Labute approximate surface area is 104 Å². The average molecular weight is 262 g/mol. The number of urea groups is 1.